The molecule has 0 aliphatic carbocycles. The van der Waals surface area contributed by atoms with Crippen LogP contribution >= 0.6 is 15.9 Å². The molecule has 0 fully saturated rings. The summed E-state index contributed by atoms with van der Waals surface area (Å²) in [6.45, 7) is 10.3. The van der Waals surface area contributed by atoms with Crippen LogP contribution in [0.2, 0.25) is 0 Å². The van der Waals surface area contributed by atoms with Gasteiger partial charge in [0.05, 0.1) is 15.9 Å². The van der Waals surface area contributed by atoms with Crippen molar-refractivity contribution < 1.29 is 0 Å². The number of hydrogen-bond acceptors (Lipinski definition) is 2. The zero-order valence-corrected chi connectivity index (χ0v) is 14.9. The summed E-state index contributed by atoms with van der Waals surface area (Å²) >= 11 is 3.70. The van der Waals surface area contributed by atoms with E-state index in [0.717, 1.165) is 29.7 Å². The maximum atomic E-state index is 4.64. The molecule has 0 amide bonds. The molecule has 4 heteroatoms. The van der Waals surface area contributed by atoms with E-state index in [1.165, 1.54) is 16.8 Å². The third kappa shape index (κ3) is 3.74. The van der Waals surface area contributed by atoms with E-state index in [9.17, 15) is 0 Å². The summed E-state index contributed by atoms with van der Waals surface area (Å²) in [5.41, 5.74) is 4.99. The van der Waals surface area contributed by atoms with E-state index in [2.05, 4.69) is 83.0 Å². The first-order valence-electron chi connectivity index (χ1n) is 7.60. The Hall–Kier alpha value is -1.13. The molecular formula is C17H24BrN3. The fourth-order valence-corrected chi connectivity index (χ4v) is 3.20. The van der Waals surface area contributed by atoms with Gasteiger partial charge in [0.25, 0.3) is 0 Å². The topological polar surface area (TPSA) is 29.9 Å². The molecule has 114 valence electrons. The summed E-state index contributed by atoms with van der Waals surface area (Å²) in [5, 5.41) is 8.25. The molecule has 0 aliphatic rings. The second-order valence-corrected chi connectivity index (χ2v) is 6.19. The zero-order valence-electron chi connectivity index (χ0n) is 13.3. The van der Waals surface area contributed by atoms with Crippen LogP contribution in [0.15, 0.2) is 28.7 Å². The first kappa shape index (κ1) is 16.2. The molecular weight excluding hydrogens is 326 g/mol. The van der Waals surface area contributed by atoms with Gasteiger partial charge in [-0.2, -0.15) is 5.10 Å². The second kappa shape index (κ2) is 7.23. The number of aromatic nitrogens is 2. The number of nitrogens with zero attached hydrogens (tertiary/aromatic N) is 2. The molecule has 0 unspecified atom stereocenters. The van der Waals surface area contributed by atoms with Gasteiger partial charge < -0.3 is 5.32 Å². The van der Waals surface area contributed by atoms with Gasteiger partial charge in [-0.1, -0.05) is 36.8 Å². The Morgan fingerprint density at radius 2 is 2.10 bits per heavy atom. The average Bonchev–Trinajstić information content (AvgIpc) is 2.80. The van der Waals surface area contributed by atoms with E-state index in [0.29, 0.717) is 6.04 Å². The Morgan fingerprint density at radius 1 is 1.33 bits per heavy atom. The normalized spacial score (nSPS) is 12.6. The van der Waals surface area contributed by atoms with Crippen LogP contribution in [0.25, 0.3) is 0 Å². The number of rotatable bonds is 6. The molecule has 0 radical (unpaired) electrons. The summed E-state index contributed by atoms with van der Waals surface area (Å²) in [5.74, 6) is 0. The lowest BCUT2D eigenvalue weighted by Gasteiger charge is -2.15. The highest BCUT2D eigenvalue weighted by Gasteiger charge is 2.14. The zero-order chi connectivity index (χ0) is 15.4. The molecule has 1 atom stereocenters. The van der Waals surface area contributed by atoms with E-state index in [-0.39, 0.29) is 0 Å². The number of nitrogens with one attached hydrogen (secondary N) is 1. The van der Waals surface area contributed by atoms with Crippen molar-refractivity contribution in [3.63, 3.8) is 0 Å². The Kier molecular flexibility index (Phi) is 5.59. The van der Waals surface area contributed by atoms with Crippen molar-refractivity contribution >= 4 is 15.9 Å². The maximum Gasteiger partial charge on any atom is 0.0767 e. The van der Waals surface area contributed by atoms with Crippen LogP contribution in [0.1, 0.15) is 49.3 Å². The highest BCUT2D eigenvalue weighted by molar-refractivity contribution is 9.10. The predicted octanol–water partition coefficient (Wildman–Crippen LogP) is 4.39. The van der Waals surface area contributed by atoms with E-state index in [1.54, 1.807) is 0 Å². The molecule has 1 aromatic carbocycles. The lowest BCUT2D eigenvalue weighted by atomic mass is 10.1. The highest BCUT2D eigenvalue weighted by atomic mass is 79.9. The Balaban J connectivity index is 2.11. The molecule has 1 heterocycles. The van der Waals surface area contributed by atoms with Crippen molar-refractivity contribution in [2.75, 3.05) is 0 Å². The standard InChI is InChI=1S/C17H24BrN3/c1-5-15-17(18)16(21(6-2)20-15)11-19-13(4)14-9-7-8-12(3)10-14/h7-10,13,19H,5-6,11H2,1-4H3/t13-/m0/s1. The van der Waals surface area contributed by atoms with Gasteiger partial charge in [0.1, 0.15) is 0 Å². The van der Waals surface area contributed by atoms with Crippen molar-refractivity contribution in [3.8, 4) is 0 Å². The molecule has 1 N–H and O–H groups in total. The van der Waals surface area contributed by atoms with Gasteiger partial charge in [-0.05, 0) is 48.7 Å². The summed E-state index contributed by atoms with van der Waals surface area (Å²) < 4.78 is 3.23. The van der Waals surface area contributed by atoms with Crippen LogP contribution < -0.4 is 5.32 Å². The Bertz CT molecular complexity index is 604. The van der Waals surface area contributed by atoms with Crippen LogP contribution in [0.3, 0.4) is 0 Å². The van der Waals surface area contributed by atoms with E-state index < -0.39 is 0 Å². The molecule has 0 saturated heterocycles. The highest BCUT2D eigenvalue weighted by Crippen LogP contribution is 2.23. The van der Waals surface area contributed by atoms with Gasteiger partial charge in [-0.25, -0.2) is 0 Å². The molecule has 2 rings (SSSR count). The van der Waals surface area contributed by atoms with Crippen LogP contribution in [-0.4, -0.2) is 9.78 Å². The number of aryl methyl sites for hydroxylation is 3. The molecule has 0 saturated carbocycles. The maximum absolute atomic E-state index is 4.64. The largest absolute Gasteiger partial charge is 0.305 e. The lowest BCUT2D eigenvalue weighted by molar-refractivity contribution is 0.529. The van der Waals surface area contributed by atoms with Gasteiger partial charge in [-0.3, -0.25) is 4.68 Å². The van der Waals surface area contributed by atoms with Crippen molar-refractivity contribution in [1.29, 1.82) is 0 Å². The predicted molar refractivity (Wildman–Crippen MR) is 91.4 cm³/mol. The quantitative estimate of drug-likeness (QED) is 0.838. The van der Waals surface area contributed by atoms with Crippen LogP contribution in [-0.2, 0) is 19.5 Å². The Morgan fingerprint density at radius 3 is 2.71 bits per heavy atom. The van der Waals surface area contributed by atoms with E-state index in [1.807, 2.05) is 0 Å². The van der Waals surface area contributed by atoms with Gasteiger partial charge >= 0.3 is 0 Å². The third-order valence-corrected chi connectivity index (χ3v) is 4.73. The summed E-state index contributed by atoms with van der Waals surface area (Å²) in [6.07, 6.45) is 0.952. The van der Waals surface area contributed by atoms with Gasteiger partial charge in [0, 0.05) is 19.1 Å². The van der Waals surface area contributed by atoms with Crippen molar-refractivity contribution in [2.24, 2.45) is 0 Å². The lowest BCUT2D eigenvalue weighted by Crippen LogP contribution is -2.20. The third-order valence-electron chi connectivity index (χ3n) is 3.81. The minimum Gasteiger partial charge on any atom is -0.305 e. The first-order valence-corrected chi connectivity index (χ1v) is 8.40. The minimum atomic E-state index is 0.321. The smallest absolute Gasteiger partial charge is 0.0767 e. The van der Waals surface area contributed by atoms with Crippen molar-refractivity contribution in [2.45, 2.75) is 53.2 Å². The van der Waals surface area contributed by atoms with Crippen molar-refractivity contribution in [1.82, 2.24) is 15.1 Å². The molecule has 0 bridgehead atoms. The first-order chi connectivity index (χ1) is 10.1. The minimum absolute atomic E-state index is 0.321. The van der Waals surface area contributed by atoms with E-state index >= 15 is 0 Å². The molecule has 3 nitrogen and oxygen atoms in total. The summed E-state index contributed by atoms with van der Waals surface area (Å²) in [7, 11) is 0. The SMILES string of the molecule is CCc1nn(CC)c(CN[C@@H](C)c2cccc(C)c2)c1Br. The number of benzene rings is 1. The van der Waals surface area contributed by atoms with Gasteiger partial charge in [0.15, 0.2) is 0 Å². The molecule has 2 aromatic rings. The average molecular weight is 350 g/mol. The molecule has 21 heavy (non-hydrogen) atoms. The van der Waals surface area contributed by atoms with Crippen LogP contribution in [0, 0.1) is 6.92 Å². The molecule has 0 aliphatic heterocycles. The van der Waals surface area contributed by atoms with E-state index in [4.69, 9.17) is 0 Å². The fraction of sp³-hybridized carbons (Fsp3) is 0.471. The molecule has 1 aromatic heterocycles. The van der Waals surface area contributed by atoms with Crippen molar-refractivity contribution in [3.05, 3.63) is 51.3 Å². The van der Waals surface area contributed by atoms with Gasteiger partial charge in [-0.15, -0.1) is 0 Å². The van der Waals surface area contributed by atoms with Gasteiger partial charge in [0.2, 0.25) is 0 Å². The Labute approximate surface area is 135 Å². The number of halogens is 1. The monoisotopic (exact) mass is 349 g/mol. The van der Waals surface area contributed by atoms with Crippen LogP contribution in [0.5, 0.6) is 0 Å². The summed E-state index contributed by atoms with van der Waals surface area (Å²) in [6, 6.07) is 8.98. The molecule has 0 spiro atoms. The number of hydrogen-bond donors (Lipinski definition) is 1. The summed E-state index contributed by atoms with van der Waals surface area (Å²) in [4.78, 5) is 0. The second-order valence-electron chi connectivity index (χ2n) is 5.39. The fourth-order valence-electron chi connectivity index (χ4n) is 2.49. The van der Waals surface area contributed by atoms with Crippen LogP contribution in [0.4, 0.5) is 0 Å².